The molecule has 2 N–H and O–H groups in total. The molecule has 1 aliphatic carbocycles. The van der Waals surface area contributed by atoms with Crippen molar-refractivity contribution in [3.8, 4) is 0 Å². The lowest BCUT2D eigenvalue weighted by molar-refractivity contribution is -0.136. The number of hydrogen-bond donors (Lipinski definition) is 1. The van der Waals surface area contributed by atoms with Crippen LogP contribution in [0, 0.1) is 0 Å². The molecule has 2 fully saturated rings. The number of hydrogen-bond acceptors (Lipinski definition) is 4. The van der Waals surface area contributed by atoms with Crippen molar-refractivity contribution < 1.29 is 9.53 Å². The Balaban J connectivity index is 1.81. The number of rotatable bonds is 3. The minimum absolute atomic E-state index is 0.207. The fraction of sp³-hybridized carbons (Fsp3) is 0.923. The topological polar surface area (TPSA) is 58.8 Å². The molecule has 0 spiro atoms. The maximum Gasteiger partial charge on any atom is 0.236 e. The number of nitrogens with zero attached hydrogens (tertiary/aromatic N) is 2. The van der Waals surface area contributed by atoms with Gasteiger partial charge in [-0.05, 0) is 19.9 Å². The first-order chi connectivity index (χ1) is 8.68. The molecular formula is C13H25N3O2. The van der Waals surface area contributed by atoms with Crippen LogP contribution in [0.15, 0.2) is 0 Å². The number of carbonyl (C=O) groups is 1. The zero-order chi connectivity index (χ0) is 13.0. The van der Waals surface area contributed by atoms with Crippen LogP contribution in [-0.4, -0.2) is 67.7 Å². The van der Waals surface area contributed by atoms with Gasteiger partial charge in [0.25, 0.3) is 0 Å². The van der Waals surface area contributed by atoms with E-state index in [2.05, 4.69) is 4.90 Å². The van der Waals surface area contributed by atoms with Crippen LogP contribution in [0.5, 0.6) is 0 Å². The Morgan fingerprint density at radius 2 is 2.00 bits per heavy atom. The lowest BCUT2D eigenvalue weighted by atomic mass is 9.90. The summed E-state index contributed by atoms with van der Waals surface area (Å²) in [5.41, 5.74) is 6.15. The largest absolute Gasteiger partial charge is 0.378 e. The van der Waals surface area contributed by atoms with E-state index in [0.717, 1.165) is 25.9 Å². The van der Waals surface area contributed by atoms with Crippen molar-refractivity contribution in [3.63, 3.8) is 0 Å². The normalized spacial score (nSPS) is 29.6. The van der Waals surface area contributed by atoms with Gasteiger partial charge in [-0.25, -0.2) is 0 Å². The van der Waals surface area contributed by atoms with E-state index in [4.69, 9.17) is 10.5 Å². The number of amides is 1. The van der Waals surface area contributed by atoms with Crippen molar-refractivity contribution in [1.82, 2.24) is 9.80 Å². The first-order valence-electron chi connectivity index (χ1n) is 7.00. The SMILES string of the molecule is CN(CC(=O)N1CCOCC1)C1CCCCC1N. The van der Waals surface area contributed by atoms with Crippen LogP contribution in [0.2, 0.25) is 0 Å². The standard InChI is InChI=1S/C13H25N3O2/c1-15(12-5-3-2-4-11(12)14)10-13(17)16-6-8-18-9-7-16/h11-12H,2-10,14H2,1H3. The summed E-state index contributed by atoms with van der Waals surface area (Å²) < 4.78 is 5.26. The van der Waals surface area contributed by atoms with Crippen LogP contribution in [-0.2, 0) is 9.53 Å². The molecule has 1 saturated heterocycles. The molecular weight excluding hydrogens is 230 g/mol. The average Bonchev–Trinajstić information content (AvgIpc) is 2.40. The smallest absolute Gasteiger partial charge is 0.236 e. The van der Waals surface area contributed by atoms with Gasteiger partial charge in [-0.3, -0.25) is 9.69 Å². The third-order valence-corrected chi connectivity index (χ3v) is 4.10. The Hall–Kier alpha value is -0.650. The van der Waals surface area contributed by atoms with Gasteiger partial charge in [-0.2, -0.15) is 0 Å². The zero-order valence-electron chi connectivity index (χ0n) is 11.3. The summed E-state index contributed by atoms with van der Waals surface area (Å²) in [6.45, 7) is 3.27. The Labute approximate surface area is 109 Å². The number of nitrogens with two attached hydrogens (primary N) is 1. The molecule has 1 saturated carbocycles. The van der Waals surface area contributed by atoms with Gasteiger partial charge in [0.1, 0.15) is 0 Å². The van der Waals surface area contributed by atoms with Crippen molar-refractivity contribution in [2.24, 2.45) is 5.73 Å². The van der Waals surface area contributed by atoms with Crippen LogP contribution in [0.3, 0.4) is 0 Å². The summed E-state index contributed by atoms with van der Waals surface area (Å²) in [5, 5.41) is 0. The first kappa shape index (κ1) is 13.8. The average molecular weight is 255 g/mol. The molecule has 0 radical (unpaired) electrons. The van der Waals surface area contributed by atoms with Gasteiger partial charge in [0, 0.05) is 25.2 Å². The molecule has 1 aliphatic heterocycles. The lowest BCUT2D eigenvalue weighted by Crippen LogP contribution is -2.52. The molecule has 2 unspecified atom stereocenters. The fourth-order valence-corrected chi connectivity index (χ4v) is 2.93. The van der Waals surface area contributed by atoms with Crippen molar-refractivity contribution in [1.29, 1.82) is 0 Å². The minimum Gasteiger partial charge on any atom is -0.378 e. The Bertz CT molecular complexity index is 279. The van der Waals surface area contributed by atoms with E-state index in [9.17, 15) is 4.79 Å². The van der Waals surface area contributed by atoms with Gasteiger partial charge in [0.2, 0.25) is 5.91 Å². The molecule has 0 aromatic rings. The Morgan fingerprint density at radius 3 is 2.67 bits per heavy atom. The van der Waals surface area contributed by atoms with E-state index in [0.29, 0.717) is 25.8 Å². The summed E-state index contributed by atoms with van der Waals surface area (Å²) in [6, 6.07) is 0.588. The van der Waals surface area contributed by atoms with Crippen LogP contribution < -0.4 is 5.73 Å². The second kappa shape index (κ2) is 6.50. The van der Waals surface area contributed by atoms with Crippen LogP contribution in [0.1, 0.15) is 25.7 Å². The summed E-state index contributed by atoms with van der Waals surface area (Å²) in [5.74, 6) is 0.207. The van der Waals surface area contributed by atoms with Gasteiger partial charge in [0.15, 0.2) is 0 Å². The fourth-order valence-electron chi connectivity index (χ4n) is 2.93. The van der Waals surface area contributed by atoms with Crippen LogP contribution in [0.4, 0.5) is 0 Å². The number of morpholine rings is 1. The van der Waals surface area contributed by atoms with Crippen LogP contribution >= 0.6 is 0 Å². The molecule has 0 bridgehead atoms. The van der Waals surface area contributed by atoms with E-state index in [1.807, 2.05) is 11.9 Å². The minimum atomic E-state index is 0.207. The molecule has 1 amide bonds. The molecule has 2 rings (SSSR count). The number of likely N-dealkylation sites (N-methyl/N-ethyl adjacent to an activating group) is 1. The molecule has 5 nitrogen and oxygen atoms in total. The second-order valence-electron chi connectivity index (χ2n) is 5.42. The number of carbonyl (C=O) groups excluding carboxylic acids is 1. The van der Waals surface area contributed by atoms with Gasteiger partial charge < -0.3 is 15.4 Å². The first-order valence-corrected chi connectivity index (χ1v) is 7.00. The maximum atomic E-state index is 12.1. The Morgan fingerprint density at radius 1 is 1.33 bits per heavy atom. The van der Waals surface area contributed by atoms with Gasteiger partial charge in [0.05, 0.1) is 19.8 Å². The lowest BCUT2D eigenvalue weighted by Gasteiger charge is -2.37. The van der Waals surface area contributed by atoms with E-state index in [-0.39, 0.29) is 11.9 Å². The highest BCUT2D eigenvalue weighted by molar-refractivity contribution is 5.78. The van der Waals surface area contributed by atoms with Crippen LogP contribution in [0.25, 0.3) is 0 Å². The molecule has 18 heavy (non-hydrogen) atoms. The predicted molar refractivity (Wildman–Crippen MR) is 70.3 cm³/mol. The van der Waals surface area contributed by atoms with Gasteiger partial charge in [-0.15, -0.1) is 0 Å². The molecule has 0 aromatic heterocycles. The van der Waals surface area contributed by atoms with E-state index < -0.39 is 0 Å². The highest BCUT2D eigenvalue weighted by Crippen LogP contribution is 2.20. The van der Waals surface area contributed by atoms with Crippen molar-refractivity contribution in [2.45, 2.75) is 37.8 Å². The van der Waals surface area contributed by atoms with Crippen molar-refractivity contribution >= 4 is 5.91 Å². The summed E-state index contributed by atoms with van der Waals surface area (Å²) in [7, 11) is 2.02. The molecule has 0 aromatic carbocycles. The molecule has 1 heterocycles. The third kappa shape index (κ3) is 3.43. The summed E-state index contributed by atoms with van der Waals surface area (Å²) in [6.07, 6.45) is 4.66. The molecule has 104 valence electrons. The third-order valence-electron chi connectivity index (χ3n) is 4.10. The monoisotopic (exact) mass is 255 g/mol. The van der Waals surface area contributed by atoms with E-state index in [1.165, 1.54) is 12.8 Å². The highest BCUT2D eigenvalue weighted by atomic mass is 16.5. The predicted octanol–water partition coefficient (Wildman–Crippen LogP) is 0.0469. The van der Waals surface area contributed by atoms with Crippen molar-refractivity contribution in [2.75, 3.05) is 39.9 Å². The molecule has 2 atom stereocenters. The zero-order valence-corrected chi connectivity index (χ0v) is 11.3. The summed E-state index contributed by atoms with van der Waals surface area (Å²) >= 11 is 0. The molecule has 5 heteroatoms. The second-order valence-corrected chi connectivity index (χ2v) is 5.42. The highest BCUT2D eigenvalue weighted by Gasteiger charge is 2.27. The maximum absolute atomic E-state index is 12.1. The quantitative estimate of drug-likeness (QED) is 0.774. The number of ether oxygens (including phenoxy) is 1. The van der Waals surface area contributed by atoms with Gasteiger partial charge >= 0.3 is 0 Å². The summed E-state index contributed by atoms with van der Waals surface area (Å²) in [4.78, 5) is 16.2. The van der Waals surface area contributed by atoms with E-state index in [1.54, 1.807) is 0 Å². The molecule has 2 aliphatic rings. The van der Waals surface area contributed by atoms with Gasteiger partial charge in [-0.1, -0.05) is 12.8 Å². The van der Waals surface area contributed by atoms with Crippen molar-refractivity contribution in [3.05, 3.63) is 0 Å². The van der Waals surface area contributed by atoms with E-state index >= 15 is 0 Å². The Kier molecular flexibility index (Phi) is 4.97.